The maximum atomic E-state index is 5.94. The predicted molar refractivity (Wildman–Crippen MR) is 82.5 cm³/mol. The van der Waals surface area contributed by atoms with Crippen molar-refractivity contribution in [1.82, 2.24) is 4.90 Å². The van der Waals surface area contributed by atoms with Gasteiger partial charge in [-0.2, -0.15) is 0 Å². The highest BCUT2D eigenvalue weighted by Gasteiger charge is 2.18. The van der Waals surface area contributed by atoms with Gasteiger partial charge < -0.3 is 10.6 Å². The van der Waals surface area contributed by atoms with Gasteiger partial charge in [-0.1, -0.05) is 41.4 Å². The first-order valence-corrected chi connectivity index (χ1v) is 7.39. The number of amidine groups is 1. The SMILES string of the molecule is Cc1ccc(CON=C(N)CN2CCCCC2C)cc1. The van der Waals surface area contributed by atoms with Crippen LogP contribution in [0.25, 0.3) is 0 Å². The van der Waals surface area contributed by atoms with Crippen LogP contribution >= 0.6 is 0 Å². The quantitative estimate of drug-likeness (QED) is 0.510. The summed E-state index contributed by atoms with van der Waals surface area (Å²) in [6, 6.07) is 8.83. The molecule has 1 unspecified atom stereocenters. The minimum absolute atomic E-state index is 0.469. The van der Waals surface area contributed by atoms with E-state index in [1.54, 1.807) is 0 Å². The molecule has 1 saturated heterocycles. The maximum absolute atomic E-state index is 5.94. The molecule has 1 atom stereocenters. The highest BCUT2D eigenvalue weighted by molar-refractivity contribution is 5.81. The molecule has 0 aromatic heterocycles. The topological polar surface area (TPSA) is 50.9 Å². The molecule has 4 nitrogen and oxygen atoms in total. The molecule has 0 bridgehead atoms. The maximum Gasteiger partial charge on any atom is 0.153 e. The molecular formula is C16H25N3O. The van der Waals surface area contributed by atoms with Gasteiger partial charge in [0.15, 0.2) is 5.84 Å². The molecule has 1 aliphatic rings. The summed E-state index contributed by atoms with van der Waals surface area (Å²) < 4.78 is 0. The third-order valence-corrected chi connectivity index (χ3v) is 3.84. The standard InChI is InChI=1S/C16H25N3O/c1-13-6-8-15(9-7-13)12-20-18-16(17)11-19-10-4-3-5-14(19)2/h6-9,14H,3-5,10-12H2,1-2H3,(H2,17,18). The van der Waals surface area contributed by atoms with E-state index in [4.69, 9.17) is 10.6 Å². The first-order valence-electron chi connectivity index (χ1n) is 7.39. The van der Waals surface area contributed by atoms with E-state index < -0.39 is 0 Å². The molecule has 0 amide bonds. The third-order valence-electron chi connectivity index (χ3n) is 3.84. The van der Waals surface area contributed by atoms with Crippen molar-refractivity contribution in [3.63, 3.8) is 0 Å². The monoisotopic (exact) mass is 275 g/mol. The van der Waals surface area contributed by atoms with Gasteiger partial charge in [-0.25, -0.2) is 0 Å². The fraction of sp³-hybridized carbons (Fsp3) is 0.562. The van der Waals surface area contributed by atoms with Gasteiger partial charge in [0.1, 0.15) is 6.61 Å². The highest BCUT2D eigenvalue weighted by Crippen LogP contribution is 2.15. The predicted octanol–water partition coefficient (Wildman–Crippen LogP) is 2.66. The first-order chi connectivity index (χ1) is 9.65. The second-order valence-corrected chi connectivity index (χ2v) is 5.66. The molecule has 20 heavy (non-hydrogen) atoms. The van der Waals surface area contributed by atoms with Crippen molar-refractivity contribution >= 4 is 5.84 Å². The zero-order valence-corrected chi connectivity index (χ0v) is 12.5. The van der Waals surface area contributed by atoms with Crippen LogP contribution in [0, 0.1) is 6.92 Å². The van der Waals surface area contributed by atoms with Crippen LogP contribution in [0.4, 0.5) is 0 Å². The largest absolute Gasteiger partial charge is 0.389 e. The Balaban J connectivity index is 1.77. The van der Waals surface area contributed by atoms with Crippen molar-refractivity contribution in [2.24, 2.45) is 10.9 Å². The Labute approximate surface area is 121 Å². The molecule has 1 fully saturated rings. The average molecular weight is 275 g/mol. The second kappa shape index (κ2) is 7.29. The van der Waals surface area contributed by atoms with Crippen molar-refractivity contribution in [3.05, 3.63) is 35.4 Å². The lowest BCUT2D eigenvalue weighted by atomic mass is 10.0. The van der Waals surface area contributed by atoms with E-state index in [0.717, 1.165) is 12.1 Å². The second-order valence-electron chi connectivity index (χ2n) is 5.66. The first kappa shape index (κ1) is 14.9. The smallest absolute Gasteiger partial charge is 0.153 e. The molecule has 1 heterocycles. The molecule has 110 valence electrons. The minimum atomic E-state index is 0.469. The molecule has 2 N–H and O–H groups in total. The number of nitrogens with zero attached hydrogens (tertiary/aromatic N) is 2. The van der Waals surface area contributed by atoms with Gasteiger partial charge in [0.05, 0.1) is 6.54 Å². The van der Waals surface area contributed by atoms with E-state index in [9.17, 15) is 0 Å². The van der Waals surface area contributed by atoms with E-state index in [1.807, 2.05) is 12.1 Å². The van der Waals surface area contributed by atoms with Crippen molar-refractivity contribution < 1.29 is 4.84 Å². The van der Waals surface area contributed by atoms with Crippen LogP contribution in [-0.4, -0.2) is 29.9 Å². The molecule has 1 aliphatic heterocycles. The number of hydrogen-bond acceptors (Lipinski definition) is 3. The number of likely N-dealkylation sites (tertiary alicyclic amines) is 1. The Hall–Kier alpha value is -1.55. The third kappa shape index (κ3) is 4.53. The van der Waals surface area contributed by atoms with Crippen LogP contribution in [0.2, 0.25) is 0 Å². The molecule has 0 saturated carbocycles. The summed E-state index contributed by atoms with van der Waals surface area (Å²) in [5.41, 5.74) is 8.29. The molecule has 4 heteroatoms. The van der Waals surface area contributed by atoms with Gasteiger partial charge in [-0.3, -0.25) is 4.90 Å². The molecule has 1 aromatic rings. The van der Waals surface area contributed by atoms with Crippen molar-refractivity contribution in [2.45, 2.75) is 45.8 Å². The number of nitrogens with two attached hydrogens (primary N) is 1. The Morgan fingerprint density at radius 3 is 2.80 bits per heavy atom. The van der Waals surface area contributed by atoms with Crippen LogP contribution in [0.5, 0.6) is 0 Å². The van der Waals surface area contributed by atoms with E-state index in [0.29, 0.717) is 25.0 Å². The van der Waals surface area contributed by atoms with Crippen molar-refractivity contribution in [2.75, 3.05) is 13.1 Å². The molecule has 0 aliphatic carbocycles. The Bertz CT molecular complexity index is 442. The molecule has 0 spiro atoms. The van der Waals surface area contributed by atoms with E-state index in [2.05, 4.69) is 36.0 Å². The average Bonchev–Trinajstić information content (AvgIpc) is 2.44. The van der Waals surface area contributed by atoms with Crippen LogP contribution in [0.3, 0.4) is 0 Å². The lowest BCUT2D eigenvalue weighted by Gasteiger charge is -2.32. The van der Waals surface area contributed by atoms with E-state index in [1.165, 1.54) is 24.8 Å². The number of rotatable bonds is 5. The Morgan fingerprint density at radius 2 is 2.10 bits per heavy atom. The van der Waals surface area contributed by atoms with Crippen molar-refractivity contribution in [1.29, 1.82) is 0 Å². The summed E-state index contributed by atoms with van der Waals surface area (Å²) in [4.78, 5) is 7.71. The number of hydrogen-bond donors (Lipinski definition) is 1. The van der Waals surface area contributed by atoms with Crippen LogP contribution < -0.4 is 5.73 Å². The number of aryl methyl sites for hydroxylation is 1. The fourth-order valence-corrected chi connectivity index (χ4v) is 2.50. The van der Waals surface area contributed by atoms with Crippen molar-refractivity contribution in [3.8, 4) is 0 Å². The van der Waals surface area contributed by atoms with Crippen LogP contribution in [0.15, 0.2) is 29.4 Å². The Kier molecular flexibility index (Phi) is 5.41. The molecule has 0 radical (unpaired) electrons. The lowest BCUT2D eigenvalue weighted by molar-refractivity contribution is 0.126. The highest BCUT2D eigenvalue weighted by atomic mass is 16.6. The summed E-state index contributed by atoms with van der Waals surface area (Å²) in [5, 5.41) is 4.02. The zero-order chi connectivity index (χ0) is 14.4. The van der Waals surface area contributed by atoms with Gasteiger partial charge in [-0.05, 0) is 38.8 Å². The van der Waals surface area contributed by atoms with Gasteiger partial charge in [0.25, 0.3) is 0 Å². The summed E-state index contributed by atoms with van der Waals surface area (Å²) >= 11 is 0. The summed E-state index contributed by atoms with van der Waals surface area (Å²) in [7, 11) is 0. The number of piperidine rings is 1. The summed E-state index contributed by atoms with van der Waals surface area (Å²) in [6.07, 6.45) is 3.82. The zero-order valence-electron chi connectivity index (χ0n) is 12.5. The number of benzene rings is 1. The summed E-state index contributed by atoms with van der Waals surface area (Å²) in [5.74, 6) is 0.561. The van der Waals surface area contributed by atoms with Gasteiger partial charge in [-0.15, -0.1) is 0 Å². The van der Waals surface area contributed by atoms with Gasteiger partial charge in [0.2, 0.25) is 0 Å². The minimum Gasteiger partial charge on any atom is -0.389 e. The number of oxime groups is 1. The van der Waals surface area contributed by atoms with Crippen LogP contribution in [-0.2, 0) is 11.4 Å². The fourth-order valence-electron chi connectivity index (χ4n) is 2.50. The normalized spacial score (nSPS) is 20.9. The Morgan fingerprint density at radius 1 is 1.35 bits per heavy atom. The van der Waals surface area contributed by atoms with Gasteiger partial charge >= 0.3 is 0 Å². The van der Waals surface area contributed by atoms with E-state index >= 15 is 0 Å². The van der Waals surface area contributed by atoms with Crippen LogP contribution in [0.1, 0.15) is 37.3 Å². The van der Waals surface area contributed by atoms with E-state index in [-0.39, 0.29) is 0 Å². The molecule has 1 aromatic carbocycles. The molecular weight excluding hydrogens is 250 g/mol. The van der Waals surface area contributed by atoms with Gasteiger partial charge in [0, 0.05) is 6.04 Å². The lowest BCUT2D eigenvalue weighted by Crippen LogP contribution is -2.42. The molecule has 2 rings (SSSR count). The summed E-state index contributed by atoms with van der Waals surface area (Å²) in [6.45, 7) is 6.60.